The number of sulfonamides is 1. The number of anilines is 1. The Hall–Kier alpha value is -3.85. The van der Waals surface area contributed by atoms with Crippen molar-refractivity contribution in [2.75, 3.05) is 24.2 Å². The molecule has 0 fully saturated rings. The van der Waals surface area contributed by atoms with Crippen LogP contribution in [0.25, 0.3) is 0 Å². The molecule has 9 heteroatoms. The van der Waals surface area contributed by atoms with Gasteiger partial charge in [0.2, 0.25) is 21.8 Å². The number of carbonyl (C=O) groups excluding carboxylic acids is 2. The van der Waals surface area contributed by atoms with Crippen molar-refractivity contribution < 1.29 is 22.7 Å². The van der Waals surface area contributed by atoms with Gasteiger partial charge in [0.1, 0.15) is 18.3 Å². The number of benzene rings is 3. The highest BCUT2D eigenvalue weighted by atomic mass is 32.2. The maximum absolute atomic E-state index is 14.1. The van der Waals surface area contributed by atoms with Crippen LogP contribution in [0.15, 0.2) is 72.8 Å². The lowest BCUT2D eigenvalue weighted by Gasteiger charge is -2.34. The lowest BCUT2D eigenvalue weighted by molar-refractivity contribution is -0.140. The number of hydrogen-bond acceptors (Lipinski definition) is 5. The summed E-state index contributed by atoms with van der Waals surface area (Å²) in [6, 6.07) is 21.0. The Balaban J connectivity index is 2.08. The molecule has 3 aromatic carbocycles. The van der Waals surface area contributed by atoms with Crippen LogP contribution in [0, 0.1) is 13.8 Å². The van der Waals surface area contributed by atoms with Gasteiger partial charge in [-0.1, -0.05) is 48.5 Å². The largest absolute Gasteiger partial charge is 0.497 e. The molecular weight excluding hydrogens is 526 g/mol. The van der Waals surface area contributed by atoms with Crippen LogP contribution in [-0.2, 0) is 32.6 Å². The van der Waals surface area contributed by atoms with Crippen molar-refractivity contribution in [1.29, 1.82) is 0 Å². The number of carbonyl (C=O) groups is 2. The Morgan fingerprint density at radius 2 is 1.57 bits per heavy atom. The van der Waals surface area contributed by atoms with Crippen molar-refractivity contribution in [2.24, 2.45) is 0 Å². The number of ether oxygens (including phenoxy) is 1. The average Bonchev–Trinajstić information content (AvgIpc) is 2.90. The van der Waals surface area contributed by atoms with Crippen LogP contribution in [-0.4, -0.2) is 57.1 Å². The van der Waals surface area contributed by atoms with Gasteiger partial charge < -0.3 is 15.0 Å². The van der Waals surface area contributed by atoms with Gasteiger partial charge in [0.05, 0.1) is 19.1 Å². The van der Waals surface area contributed by atoms with Crippen molar-refractivity contribution in [1.82, 2.24) is 10.2 Å². The van der Waals surface area contributed by atoms with Crippen molar-refractivity contribution in [3.8, 4) is 5.75 Å². The Kier molecular flexibility index (Phi) is 10.3. The summed E-state index contributed by atoms with van der Waals surface area (Å²) >= 11 is 0. The van der Waals surface area contributed by atoms with E-state index < -0.39 is 28.5 Å². The fraction of sp³-hybridized carbons (Fsp3) is 0.355. The summed E-state index contributed by atoms with van der Waals surface area (Å²) in [5.41, 5.74) is 3.94. The highest BCUT2D eigenvalue weighted by molar-refractivity contribution is 7.92. The van der Waals surface area contributed by atoms with Gasteiger partial charge in [0.15, 0.2) is 0 Å². The first-order valence-electron chi connectivity index (χ1n) is 13.2. The normalized spacial score (nSPS) is 12.1. The highest BCUT2D eigenvalue weighted by Gasteiger charge is 2.33. The Bertz CT molecular complexity index is 1420. The van der Waals surface area contributed by atoms with Gasteiger partial charge in [0, 0.05) is 19.0 Å². The maximum Gasteiger partial charge on any atom is 0.244 e. The predicted octanol–water partition coefficient (Wildman–Crippen LogP) is 4.24. The zero-order valence-electron chi connectivity index (χ0n) is 24.0. The molecule has 0 aliphatic rings. The fourth-order valence-electron chi connectivity index (χ4n) is 4.40. The molecule has 214 valence electrons. The van der Waals surface area contributed by atoms with Gasteiger partial charge in [-0.05, 0) is 74.2 Å². The molecule has 0 saturated carbocycles. The first-order valence-corrected chi connectivity index (χ1v) is 15.1. The molecule has 0 radical (unpaired) electrons. The molecule has 8 nitrogen and oxygen atoms in total. The van der Waals surface area contributed by atoms with Crippen LogP contribution in [0.5, 0.6) is 5.75 Å². The van der Waals surface area contributed by atoms with Gasteiger partial charge in [-0.15, -0.1) is 0 Å². The van der Waals surface area contributed by atoms with Crippen LogP contribution < -0.4 is 14.4 Å². The van der Waals surface area contributed by atoms with Crippen molar-refractivity contribution in [2.45, 2.75) is 52.7 Å². The van der Waals surface area contributed by atoms with Gasteiger partial charge in [-0.2, -0.15) is 0 Å². The fourth-order valence-corrected chi connectivity index (χ4v) is 5.24. The summed E-state index contributed by atoms with van der Waals surface area (Å²) in [5, 5.41) is 2.95. The Labute approximate surface area is 238 Å². The quantitative estimate of drug-likeness (QED) is 0.354. The van der Waals surface area contributed by atoms with E-state index in [9.17, 15) is 18.0 Å². The van der Waals surface area contributed by atoms with Crippen LogP contribution in [0.3, 0.4) is 0 Å². The van der Waals surface area contributed by atoms with Crippen LogP contribution >= 0.6 is 0 Å². The van der Waals surface area contributed by atoms with E-state index in [1.807, 2.05) is 76.2 Å². The topological polar surface area (TPSA) is 96.0 Å². The first kappa shape index (κ1) is 30.7. The van der Waals surface area contributed by atoms with Crippen LogP contribution in [0.2, 0.25) is 0 Å². The van der Waals surface area contributed by atoms with Crippen molar-refractivity contribution >= 4 is 27.5 Å². The van der Waals surface area contributed by atoms with E-state index in [4.69, 9.17) is 4.74 Å². The zero-order chi connectivity index (χ0) is 29.4. The second kappa shape index (κ2) is 13.5. The molecule has 1 N–H and O–H groups in total. The van der Waals surface area contributed by atoms with Gasteiger partial charge in [-0.3, -0.25) is 13.9 Å². The smallest absolute Gasteiger partial charge is 0.244 e. The molecule has 3 rings (SSSR count). The number of nitrogens with one attached hydrogen (secondary N) is 1. The molecule has 1 unspecified atom stereocenters. The number of hydrogen-bond donors (Lipinski definition) is 1. The minimum Gasteiger partial charge on any atom is -0.497 e. The average molecular weight is 566 g/mol. The lowest BCUT2D eigenvalue weighted by Crippen LogP contribution is -2.54. The standard InChI is InChI=1S/C31H39N3O5S/c1-22(2)32-31(36)29(19-25-11-8-7-9-12-25)33(20-26-13-10-14-28(18-26)39-5)30(35)21-34(40(6,37)38)27-16-15-23(3)24(4)17-27/h7-18,22,29H,19-21H2,1-6H3,(H,32,36). The van der Waals surface area contributed by atoms with E-state index in [2.05, 4.69) is 5.32 Å². The number of rotatable bonds is 12. The van der Waals surface area contributed by atoms with Gasteiger partial charge in [-0.25, -0.2) is 8.42 Å². The molecular formula is C31H39N3O5S. The molecule has 0 aliphatic heterocycles. The number of nitrogens with zero attached hydrogens (tertiary/aromatic N) is 2. The number of amides is 2. The van der Waals surface area contributed by atoms with E-state index in [1.165, 1.54) is 4.90 Å². The van der Waals surface area contributed by atoms with Crippen molar-refractivity contribution in [3.05, 3.63) is 95.1 Å². The molecule has 2 amide bonds. The maximum atomic E-state index is 14.1. The van der Waals surface area contributed by atoms with E-state index in [1.54, 1.807) is 31.4 Å². The minimum absolute atomic E-state index is 0.0869. The van der Waals surface area contributed by atoms with Gasteiger partial charge >= 0.3 is 0 Å². The monoisotopic (exact) mass is 565 g/mol. The zero-order valence-corrected chi connectivity index (χ0v) is 24.9. The lowest BCUT2D eigenvalue weighted by atomic mass is 10.0. The summed E-state index contributed by atoms with van der Waals surface area (Å²) in [7, 11) is -2.26. The minimum atomic E-state index is -3.82. The van der Waals surface area contributed by atoms with Crippen LogP contribution in [0.1, 0.15) is 36.1 Å². The number of aryl methyl sites for hydroxylation is 2. The second-order valence-corrected chi connectivity index (χ2v) is 12.2. The summed E-state index contributed by atoms with van der Waals surface area (Å²) in [6.07, 6.45) is 1.34. The number of methoxy groups -OCH3 is 1. The third kappa shape index (κ3) is 8.32. The Morgan fingerprint density at radius 3 is 2.17 bits per heavy atom. The van der Waals surface area contributed by atoms with E-state index in [0.717, 1.165) is 32.8 Å². The molecule has 0 aromatic heterocycles. The molecule has 0 spiro atoms. The third-order valence-electron chi connectivity index (χ3n) is 6.65. The molecule has 3 aromatic rings. The van der Waals surface area contributed by atoms with Gasteiger partial charge in [0.25, 0.3) is 0 Å². The second-order valence-electron chi connectivity index (χ2n) is 10.3. The molecule has 0 aliphatic carbocycles. The van der Waals surface area contributed by atoms with Crippen molar-refractivity contribution in [3.63, 3.8) is 0 Å². The molecule has 0 saturated heterocycles. The summed E-state index contributed by atoms with van der Waals surface area (Å²) in [6.45, 7) is 7.18. The molecule has 0 bridgehead atoms. The summed E-state index contributed by atoms with van der Waals surface area (Å²) in [4.78, 5) is 29.2. The van der Waals surface area contributed by atoms with E-state index in [-0.39, 0.29) is 24.9 Å². The third-order valence-corrected chi connectivity index (χ3v) is 7.79. The first-order chi connectivity index (χ1) is 18.9. The van der Waals surface area contributed by atoms with Crippen LogP contribution in [0.4, 0.5) is 5.69 Å². The summed E-state index contributed by atoms with van der Waals surface area (Å²) < 4.78 is 32.3. The summed E-state index contributed by atoms with van der Waals surface area (Å²) in [5.74, 6) is -0.192. The molecule has 40 heavy (non-hydrogen) atoms. The van der Waals surface area contributed by atoms with E-state index in [0.29, 0.717) is 11.4 Å². The Morgan fingerprint density at radius 1 is 0.900 bits per heavy atom. The molecule has 0 heterocycles. The SMILES string of the molecule is COc1cccc(CN(C(=O)CN(c2ccc(C)c(C)c2)S(C)(=O)=O)C(Cc2ccccc2)C(=O)NC(C)C)c1. The molecule has 1 atom stereocenters. The highest BCUT2D eigenvalue weighted by Crippen LogP contribution is 2.23. The van der Waals surface area contributed by atoms with E-state index >= 15 is 0 Å². The predicted molar refractivity (Wildman–Crippen MR) is 159 cm³/mol.